The van der Waals surface area contributed by atoms with Gasteiger partial charge in [-0.3, -0.25) is 4.79 Å². The predicted octanol–water partition coefficient (Wildman–Crippen LogP) is 5.28. The number of rotatable bonds is 6. The van der Waals surface area contributed by atoms with Gasteiger partial charge in [0.05, 0.1) is 36.0 Å². The summed E-state index contributed by atoms with van der Waals surface area (Å²) in [7, 11) is 0. The van der Waals surface area contributed by atoms with Gasteiger partial charge in [0.2, 0.25) is 0 Å². The molecule has 1 aliphatic heterocycles. The fourth-order valence-electron chi connectivity index (χ4n) is 5.37. The van der Waals surface area contributed by atoms with Crippen LogP contribution < -0.4 is 5.32 Å². The van der Waals surface area contributed by atoms with Gasteiger partial charge >= 0.3 is 6.09 Å². The molecule has 0 atom stereocenters. The third kappa shape index (κ3) is 4.67. The minimum Gasteiger partial charge on any atom is -0.448 e. The first kappa shape index (κ1) is 25.2. The van der Waals surface area contributed by atoms with Gasteiger partial charge in [0, 0.05) is 23.5 Å². The molecule has 0 bridgehead atoms. The Bertz CT molecular complexity index is 1730. The zero-order chi connectivity index (χ0) is 27.9. The van der Waals surface area contributed by atoms with E-state index in [1.165, 1.54) is 22.3 Å². The van der Waals surface area contributed by atoms with E-state index < -0.39 is 5.91 Å². The van der Waals surface area contributed by atoms with Crippen LogP contribution in [0, 0.1) is 0 Å². The zero-order valence-electron chi connectivity index (χ0n) is 21.7. The Labute approximate surface area is 243 Å². The number of benzene rings is 3. The lowest BCUT2D eigenvalue weighted by molar-refractivity contribution is 0.0519. The van der Waals surface area contributed by atoms with Crippen LogP contribution in [-0.4, -0.2) is 61.4 Å². The number of para-hydroxylation sites is 1. The predicted molar refractivity (Wildman–Crippen MR) is 155 cm³/mol. The molecule has 7 rings (SSSR count). The molecule has 0 spiro atoms. The summed E-state index contributed by atoms with van der Waals surface area (Å²) in [6.07, 6.45) is 4.52. The van der Waals surface area contributed by atoms with E-state index in [-0.39, 0.29) is 30.4 Å². The second kappa shape index (κ2) is 10.3. The van der Waals surface area contributed by atoms with Crippen molar-refractivity contribution in [3.8, 4) is 16.8 Å². The topological polar surface area (TPSA) is 107 Å². The van der Waals surface area contributed by atoms with Crippen molar-refractivity contribution in [1.82, 2.24) is 29.7 Å². The second-order valence-electron chi connectivity index (χ2n) is 10.0. The number of nitrogens with zero attached hydrogens (tertiary/aromatic N) is 6. The Morgan fingerprint density at radius 2 is 1.61 bits per heavy atom. The molecule has 41 heavy (non-hydrogen) atoms. The van der Waals surface area contributed by atoms with Crippen LogP contribution in [0.2, 0.25) is 0 Å². The molecular formula is C30H24BrN7O3. The normalized spacial score (nSPS) is 14.3. The van der Waals surface area contributed by atoms with Crippen molar-refractivity contribution in [2.75, 3.05) is 25.0 Å². The van der Waals surface area contributed by atoms with E-state index in [2.05, 4.69) is 60.9 Å². The Morgan fingerprint density at radius 3 is 2.34 bits per heavy atom. The summed E-state index contributed by atoms with van der Waals surface area (Å²) in [5.74, 6) is -0.378. The number of carbonyl (C=O) groups excluding carboxylic acids is 2. The van der Waals surface area contributed by atoms with Gasteiger partial charge in [0.25, 0.3) is 5.91 Å². The van der Waals surface area contributed by atoms with Crippen LogP contribution in [0.1, 0.15) is 33.6 Å². The molecule has 1 saturated heterocycles. The van der Waals surface area contributed by atoms with Gasteiger partial charge in [0.1, 0.15) is 6.61 Å². The summed E-state index contributed by atoms with van der Waals surface area (Å²) in [5, 5.41) is 15.3. The van der Waals surface area contributed by atoms with Crippen molar-refractivity contribution < 1.29 is 14.3 Å². The fourth-order valence-corrected chi connectivity index (χ4v) is 5.83. The van der Waals surface area contributed by atoms with Gasteiger partial charge < -0.3 is 15.0 Å². The van der Waals surface area contributed by atoms with E-state index in [1.54, 1.807) is 32.9 Å². The lowest BCUT2D eigenvalue weighted by atomic mass is 9.98. The molecule has 1 N–H and O–H groups in total. The van der Waals surface area contributed by atoms with Crippen LogP contribution in [0.4, 0.5) is 10.5 Å². The van der Waals surface area contributed by atoms with Gasteiger partial charge in [-0.2, -0.15) is 5.10 Å². The van der Waals surface area contributed by atoms with Crippen molar-refractivity contribution in [1.29, 1.82) is 0 Å². The Morgan fingerprint density at radius 1 is 0.927 bits per heavy atom. The SMILES string of the molecule is O=C(Nc1cnn(-c2ccccc2Br)c1)c1cn(C2CN(C(=O)OCC3c4ccccc4-c4ccccc43)C2)nn1. The first-order valence-corrected chi connectivity index (χ1v) is 14.0. The van der Waals surface area contributed by atoms with E-state index in [0.717, 1.165) is 10.2 Å². The van der Waals surface area contributed by atoms with E-state index in [1.807, 2.05) is 48.5 Å². The van der Waals surface area contributed by atoms with Crippen LogP contribution in [-0.2, 0) is 4.74 Å². The van der Waals surface area contributed by atoms with Crippen LogP contribution >= 0.6 is 15.9 Å². The van der Waals surface area contributed by atoms with Gasteiger partial charge in [-0.1, -0.05) is 65.9 Å². The Kier molecular flexibility index (Phi) is 6.35. The fraction of sp³-hybridized carbons (Fsp3) is 0.167. The molecule has 0 radical (unpaired) electrons. The first-order chi connectivity index (χ1) is 20.0. The number of anilines is 1. The first-order valence-electron chi connectivity index (χ1n) is 13.2. The average molecular weight is 610 g/mol. The number of nitrogens with one attached hydrogen (secondary N) is 1. The number of aromatic nitrogens is 5. The molecule has 0 unspecified atom stereocenters. The van der Waals surface area contributed by atoms with Gasteiger partial charge in [0.15, 0.2) is 5.69 Å². The number of amides is 2. The summed E-state index contributed by atoms with van der Waals surface area (Å²) >= 11 is 3.51. The van der Waals surface area contributed by atoms with Crippen LogP contribution in [0.25, 0.3) is 16.8 Å². The summed E-state index contributed by atoms with van der Waals surface area (Å²) in [6, 6.07) is 24.1. The van der Waals surface area contributed by atoms with E-state index in [4.69, 9.17) is 4.74 Å². The molecule has 3 heterocycles. The number of halogens is 1. The van der Waals surface area contributed by atoms with E-state index in [0.29, 0.717) is 18.8 Å². The Hall–Kier alpha value is -4.77. The number of ether oxygens (including phenoxy) is 1. The third-order valence-electron chi connectivity index (χ3n) is 7.51. The molecule has 5 aromatic rings. The van der Waals surface area contributed by atoms with Crippen molar-refractivity contribution >= 4 is 33.6 Å². The molecule has 2 amide bonds. The molecule has 204 valence electrons. The van der Waals surface area contributed by atoms with E-state index in [9.17, 15) is 9.59 Å². The molecule has 1 fully saturated rings. The van der Waals surface area contributed by atoms with Crippen molar-refractivity contribution in [3.05, 3.63) is 113 Å². The third-order valence-corrected chi connectivity index (χ3v) is 8.18. The molecule has 1 aliphatic carbocycles. The van der Waals surface area contributed by atoms with Crippen molar-refractivity contribution in [2.45, 2.75) is 12.0 Å². The number of hydrogen-bond acceptors (Lipinski definition) is 6. The lowest BCUT2D eigenvalue weighted by Crippen LogP contribution is -2.51. The average Bonchev–Trinajstić information content (AvgIpc) is 3.70. The largest absolute Gasteiger partial charge is 0.448 e. The molecule has 2 aliphatic rings. The molecule has 10 nitrogen and oxygen atoms in total. The lowest BCUT2D eigenvalue weighted by Gasteiger charge is -2.38. The summed E-state index contributed by atoms with van der Waals surface area (Å²) < 4.78 is 9.92. The number of hydrogen-bond donors (Lipinski definition) is 1. The summed E-state index contributed by atoms with van der Waals surface area (Å²) in [6.45, 7) is 1.14. The summed E-state index contributed by atoms with van der Waals surface area (Å²) in [4.78, 5) is 27.2. The highest BCUT2D eigenvalue weighted by Gasteiger charge is 2.36. The van der Waals surface area contributed by atoms with Gasteiger partial charge in [-0.25, -0.2) is 14.2 Å². The van der Waals surface area contributed by atoms with Gasteiger partial charge in [-0.15, -0.1) is 5.10 Å². The molecule has 11 heteroatoms. The van der Waals surface area contributed by atoms with Crippen molar-refractivity contribution in [3.63, 3.8) is 0 Å². The molecule has 0 saturated carbocycles. The van der Waals surface area contributed by atoms with E-state index >= 15 is 0 Å². The maximum absolute atomic E-state index is 12.8. The highest BCUT2D eigenvalue weighted by molar-refractivity contribution is 9.10. The summed E-state index contributed by atoms with van der Waals surface area (Å²) in [5.41, 5.74) is 6.30. The smallest absolute Gasteiger partial charge is 0.409 e. The van der Waals surface area contributed by atoms with Crippen molar-refractivity contribution in [2.24, 2.45) is 0 Å². The second-order valence-corrected chi connectivity index (χ2v) is 10.9. The highest BCUT2D eigenvalue weighted by atomic mass is 79.9. The maximum atomic E-state index is 12.8. The number of carbonyl (C=O) groups is 2. The molecule has 3 aromatic carbocycles. The van der Waals surface area contributed by atoms with Crippen LogP contribution in [0.15, 0.2) is 95.9 Å². The van der Waals surface area contributed by atoms with Gasteiger partial charge in [-0.05, 0) is 50.3 Å². The van der Waals surface area contributed by atoms with Crippen LogP contribution in [0.5, 0.6) is 0 Å². The quantitative estimate of drug-likeness (QED) is 0.280. The highest BCUT2D eigenvalue weighted by Crippen LogP contribution is 2.44. The minimum atomic E-state index is -0.393. The minimum absolute atomic E-state index is 0.0149. The van der Waals surface area contributed by atoms with Crippen LogP contribution in [0.3, 0.4) is 0 Å². The monoisotopic (exact) mass is 609 g/mol. The molecule has 2 aromatic heterocycles. The standard InChI is InChI=1S/C30H24BrN7O3/c31-26-11-5-6-12-28(26)38-14-19(13-32-38)33-29(39)27-17-37(35-34-27)20-15-36(16-20)30(40)41-18-25-23-9-3-1-7-21(23)22-8-2-4-10-24(22)25/h1-14,17,20,25H,15-16,18H2,(H,33,39). The maximum Gasteiger partial charge on any atom is 0.409 e. The Balaban J connectivity index is 0.934. The zero-order valence-corrected chi connectivity index (χ0v) is 23.3. The molecular weight excluding hydrogens is 586 g/mol. The number of likely N-dealkylation sites (tertiary alicyclic amines) is 1. The number of fused-ring (bicyclic) bond motifs is 3.